The van der Waals surface area contributed by atoms with Gasteiger partial charge in [-0.15, -0.1) is 11.3 Å². The highest BCUT2D eigenvalue weighted by molar-refractivity contribution is 7.13. The lowest BCUT2D eigenvalue weighted by molar-refractivity contribution is -0.384. The number of thiazole rings is 1. The Bertz CT molecular complexity index is 1110. The van der Waals surface area contributed by atoms with Crippen molar-refractivity contribution < 1.29 is 14.5 Å². The number of carbonyl (C=O) groups is 2. The van der Waals surface area contributed by atoms with Gasteiger partial charge in [-0.25, -0.2) is 4.98 Å². The summed E-state index contributed by atoms with van der Waals surface area (Å²) < 4.78 is 0. The summed E-state index contributed by atoms with van der Waals surface area (Å²) in [6.45, 7) is 1.14. The molecule has 2 heterocycles. The minimum Gasteiger partial charge on any atom is -0.366 e. The van der Waals surface area contributed by atoms with Crippen molar-refractivity contribution in [1.29, 1.82) is 0 Å². The quantitative estimate of drug-likeness (QED) is 0.429. The summed E-state index contributed by atoms with van der Waals surface area (Å²) >= 11 is 1.34. The van der Waals surface area contributed by atoms with Crippen LogP contribution in [-0.2, 0) is 4.79 Å². The Balaban J connectivity index is 1.31. The molecule has 0 bridgehead atoms. The molecule has 1 aliphatic heterocycles. The fourth-order valence-corrected chi connectivity index (χ4v) is 4.20. The van der Waals surface area contributed by atoms with Crippen LogP contribution in [0.1, 0.15) is 23.2 Å². The molecule has 1 fully saturated rings. The third-order valence-electron chi connectivity index (χ3n) is 5.35. The van der Waals surface area contributed by atoms with Gasteiger partial charge in [0.15, 0.2) is 5.13 Å². The lowest BCUT2D eigenvalue weighted by Gasteiger charge is -2.32. The van der Waals surface area contributed by atoms with Crippen molar-refractivity contribution in [2.24, 2.45) is 5.92 Å². The summed E-state index contributed by atoms with van der Waals surface area (Å²) in [6.07, 6.45) is 2.82. The van der Waals surface area contributed by atoms with Crippen LogP contribution in [-0.4, -0.2) is 34.8 Å². The van der Waals surface area contributed by atoms with Gasteiger partial charge >= 0.3 is 0 Å². The van der Waals surface area contributed by atoms with Crippen LogP contribution in [0.2, 0.25) is 0 Å². The second-order valence-corrected chi connectivity index (χ2v) is 8.26. The van der Waals surface area contributed by atoms with Gasteiger partial charge in [-0.2, -0.15) is 0 Å². The predicted octanol–water partition coefficient (Wildman–Crippen LogP) is 4.16. The lowest BCUT2D eigenvalue weighted by Crippen LogP contribution is -2.38. The molecule has 3 aromatic rings. The van der Waals surface area contributed by atoms with Crippen LogP contribution in [0.15, 0.2) is 60.1 Å². The van der Waals surface area contributed by atoms with E-state index in [1.807, 2.05) is 4.90 Å². The van der Waals surface area contributed by atoms with Crippen LogP contribution >= 0.6 is 11.3 Å². The summed E-state index contributed by atoms with van der Waals surface area (Å²) in [5.74, 6) is -0.533. The van der Waals surface area contributed by atoms with E-state index in [1.165, 1.54) is 17.4 Å². The maximum atomic E-state index is 12.7. The van der Waals surface area contributed by atoms with Crippen LogP contribution in [0.4, 0.5) is 22.2 Å². The van der Waals surface area contributed by atoms with E-state index in [4.69, 9.17) is 0 Å². The Kier molecular flexibility index (Phi) is 6.41. The van der Waals surface area contributed by atoms with Gasteiger partial charge in [0, 0.05) is 47.9 Å². The molecule has 164 valence electrons. The second-order valence-electron chi connectivity index (χ2n) is 7.37. The maximum absolute atomic E-state index is 12.7. The average Bonchev–Trinajstić information content (AvgIpc) is 3.32. The molecule has 0 aliphatic carbocycles. The molecule has 10 heteroatoms. The average molecular weight is 452 g/mol. The highest BCUT2D eigenvalue weighted by Crippen LogP contribution is 2.31. The number of hydrogen-bond donors (Lipinski definition) is 2. The summed E-state index contributed by atoms with van der Waals surface area (Å²) in [5, 5.41) is 19.2. The molecule has 1 saturated heterocycles. The topological polar surface area (TPSA) is 117 Å². The van der Waals surface area contributed by atoms with E-state index in [2.05, 4.69) is 15.6 Å². The molecule has 1 aliphatic rings. The first-order valence-electron chi connectivity index (χ1n) is 10.1. The Morgan fingerprint density at radius 2 is 1.78 bits per heavy atom. The number of anilines is 3. The minimum absolute atomic E-state index is 0.0781. The van der Waals surface area contributed by atoms with Crippen molar-refractivity contribution in [2.45, 2.75) is 12.8 Å². The summed E-state index contributed by atoms with van der Waals surface area (Å²) in [5.41, 5.74) is 1.75. The van der Waals surface area contributed by atoms with E-state index >= 15 is 0 Å². The van der Waals surface area contributed by atoms with E-state index < -0.39 is 0 Å². The Labute approximate surface area is 188 Å². The van der Waals surface area contributed by atoms with Crippen LogP contribution in [0.5, 0.6) is 0 Å². The smallest absolute Gasteiger partial charge is 0.292 e. The molecule has 1 aromatic heterocycles. The Hall–Kier alpha value is -3.79. The standard InChI is InChI=1S/C22H21N5O4S/c28-20(16-9-12-26(13-10-16)18-3-1-2-4-19(18)27(30)31)24-17-7-5-15(6-8-17)21(29)25-22-23-11-14-32-22/h1-8,11,14,16H,9-10,12-13H2,(H,24,28)(H,23,25,29). The van der Waals surface area contributed by atoms with Crippen molar-refractivity contribution in [3.8, 4) is 0 Å². The zero-order valence-electron chi connectivity index (χ0n) is 17.1. The molecule has 0 unspecified atom stereocenters. The van der Waals surface area contributed by atoms with Crippen LogP contribution in [0.3, 0.4) is 0 Å². The van der Waals surface area contributed by atoms with E-state index in [-0.39, 0.29) is 28.3 Å². The fourth-order valence-electron chi connectivity index (χ4n) is 3.67. The number of piperidine rings is 1. The van der Waals surface area contributed by atoms with Crippen molar-refractivity contribution in [1.82, 2.24) is 4.98 Å². The number of nitro groups is 1. The summed E-state index contributed by atoms with van der Waals surface area (Å²) in [6, 6.07) is 13.3. The Morgan fingerprint density at radius 1 is 1.06 bits per heavy atom. The first-order valence-corrected chi connectivity index (χ1v) is 11.0. The molecule has 0 saturated carbocycles. The van der Waals surface area contributed by atoms with Crippen LogP contribution < -0.4 is 15.5 Å². The third kappa shape index (κ3) is 4.92. The molecular weight excluding hydrogens is 430 g/mol. The number of rotatable bonds is 6. The van der Waals surface area contributed by atoms with Crippen molar-refractivity contribution in [3.05, 3.63) is 75.8 Å². The zero-order chi connectivity index (χ0) is 22.5. The van der Waals surface area contributed by atoms with Gasteiger partial charge in [0.1, 0.15) is 5.69 Å². The normalized spacial score (nSPS) is 14.1. The van der Waals surface area contributed by atoms with E-state index in [9.17, 15) is 19.7 Å². The van der Waals surface area contributed by atoms with E-state index in [0.717, 1.165) is 0 Å². The van der Waals surface area contributed by atoms with Crippen LogP contribution in [0, 0.1) is 16.0 Å². The number of aromatic nitrogens is 1. The van der Waals surface area contributed by atoms with Crippen molar-refractivity contribution >= 4 is 45.3 Å². The predicted molar refractivity (Wildman–Crippen MR) is 123 cm³/mol. The molecule has 4 rings (SSSR count). The van der Waals surface area contributed by atoms with Crippen molar-refractivity contribution in [2.75, 3.05) is 28.6 Å². The van der Waals surface area contributed by atoms with Crippen LogP contribution in [0.25, 0.3) is 0 Å². The van der Waals surface area contributed by atoms with E-state index in [0.29, 0.717) is 48.0 Å². The van der Waals surface area contributed by atoms with Gasteiger partial charge in [0.05, 0.1) is 4.92 Å². The van der Waals surface area contributed by atoms with Gasteiger partial charge in [-0.1, -0.05) is 12.1 Å². The SMILES string of the molecule is O=C(Nc1nccs1)c1ccc(NC(=O)C2CCN(c3ccccc3[N+](=O)[O-])CC2)cc1. The lowest BCUT2D eigenvalue weighted by atomic mass is 9.95. The number of carbonyl (C=O) groups excluding carboxylic acids is 2. The first-order chi connectivity index (χ1) is 15.5. The number of nitrogens with one attached hydrogen (secondary N) is 2. The van der Waals surface area contributed by atoms with Gasteiger partial charge in [0.25, 0.3) is 11.6 Å². The zero-order valence-corrected chi connectivity index (χ0v) is 17.9. The number of amides is 2. The molecule has 2 N–H and O–H groups in total. The van der Waals surface area contributed by atoms with Gasteiger partial charge < -0.3 is 10.2 Å². The van der Waals surface area contributed by atoms with Gasteiger partial charge in [-0.3, -0.25) is 25.0 Å². The highest BCUT2D eigenvalue weighted by Gasteiger charge is 2.28. The number of nitrogens with zero attached hydrogens (tertiary/aromatic N) is 3. The largest absolute Gasteiger partial charge is 0.366 e. The molecule has 9 nitrogen and oxygen atoms in total. The summed E-state index contributed by atoms with van der Waals surface area (Å²) in [4.78, 5) is 41.8. The third-order valence-corrected chi connectivity index (χ3v) is 6.04. The molecule has 32 heavy (non-hydrogen) atoms. The Morgan fingerprint density at radius 3 is 2.44 bits per heavy atom. The minimum atomic E-state index is -0.380. The molecule has 0 spiro atoms. The van der Waals surface area contributed by atoms with E-state index in [1.54, 1.807) is 54.0 Å². The van der Waals surface area contributed by atoms with Crippen molar-refractivity contribution in [3.63, 3.8) is 0 Å². The highest BCUT2D eigenvalue weighted by atomic mass is 32.1. The fraction of sp³-hybridized carbons (Fsp3) is 0.227. The monoisotopic (exact) mass is 451 g/mol. The van der Waals surface area contributed by atoms with Gasteiger partial charge in [-0.05, 0) is 43.2 Å². The number of hydrogen-bond acceptors (Lipinski definition) is 7. The maximum Gasteiger partial charge on any atom is 0.292 e. The van der Waals surface area contributed by atoms with Gasteiger partial charge in [0.2, 0.25) is 5.91 Å². The molecule has 2 aromatic carbocycles. The molecule has 0 atom stereocenters. The first kappa shape index (κ1) is 21.4. The molecule has 2 amide bonds. The number of para-hydroxylation sites is 2. The molecule has 0 radical (unpaired) electrons. The number of benzene rings is 2. The summed E-state index contributed by atoms with van der Waals surface area (Å²) in [7, 11) is 0. The second kappa shape index (κ2) is 9.56. The molecular formula is C22H21N5O4S. The number of nitro benzene ring substituents is 1.